The molecular weight excluding hydrogens is 464 g/mol. The zero-order valence-electron chi connectivity index (χ0n) is 26.2. The molecule has 0 amide bonds. The minimum Gasteiger partial charge on any atom is -0.462 e. The number of hydrogen-bond acceptors (Lipinski definition) is 2. The van der Waals surface area contributed by atoms with Crippen LogP contribution in [0.3, 0.4) is 0 Å². The molecule has 4 rings (SSSR count). The number of allylic oxidation sites excluding steroid dienone is 1. The second-order valence-electron chi connectivity index (χ2n) is 15.2. The summed E-state index contributed by atoms with van der Waals surface area (Å²) >= 11 is 0. The maximum Gasteiger partial charge on any atom is 0.306 e. The molecular formula is C36H62O2. The average molecular weight is 527 g/mol. The molecule has 0 radical (unpaired) electrons. The van der Waals surface area contributed by atoms with Crippen LogP contribution < -0.4 is 0 Å². The van der Waals surface area contributed by atoms with Gasteiger partial charge in [-0.25, -0.2) is 0 Å². The molecule has 3 fully saturated rings. The second kappa shape index (κ2) is 13.2. The van der Waals surface area contributed by atoms with Crippen molar-refractivity contribution in [1.29, 1.82) is 0 Å². The minimum atomic E-state index is 0.0522. The summed E-state index contributed by atoms with van der Waals surface area (Å²) in [5.74, 6) is 5.34. The maximum absolute atomic E-state index is 12.6. The summed E-state index contributed by atoms with van der Waals surface area (Å²) in [4.78, 5) is 12.6. The van der Waals surface area contributed by atoms with Crippen molar-refractivity contribution >= 4 is 5.97 Å². The van der Waals surface area contributed by atoms with Crippen LogP contribution in [0.2, 0.25) is 0 Å². The zero-order chi connectivity index (χ0) is 27.3. The molecule has 0 heterocycles. The molecule has 0 aromatic heterocycles. The van der Waals surface area contributed by atoms with Gasteiger partial charge in [0.25, 0.3) is 0 Å². The summed E-state index contributed by atoms with van der Waals surface area (Å²) in [7, 11) is 0. The van der Waals surface area contributed by atoms with Crippen LogP contribution in [-0.2, 0) is 9.53 Å². The van der Waals surface area contributed by atoms with Crippen molar-refractivity contribution in [1.82, 2.24) is 0 Å². The molecule has 0 aliphatic heterocycles. The highest BCUT2D eigenvalue weighted by molar-refractivity contribution is 5.69. The zero-order valence-corrected chi connectivity index (χ0v) is 26.2. The molecule has 38 heavy (non-hydrogen) atoms. The first-order chi connectivity index (χ1) is 18.2. The van der Waals surface area contributed by atoms with Gasteiger partial charge in [-0.05, 0) is 97.7 Å². The van der Waals surface area contributed by atoms with Crippen LogP contribution >= 0.6 is 0 Å². The van der Waals surface area contributed by atoms with E-state index in [2.05, 4.69) is 47.6 Å². The Kier molecular flexibility index (Phi) is 10.5. The highest BCUT2D eigenvalue weighted by Gasteiger charge is 2.59. The SMILES string of the molecule is CCCCCCCCC(=O)O[C@@H]1CC[C@@]2(C)C(=CC[C@@H]3[C@H]2CC[C@]2(C)[C@@H]([C@H](C)CCCC(C)C)CC[C@@H]32)C1. The molecule has 0 bridgehead atoms. The van der Waals surface area contributed by atoms with Crippen LogP contribution in [0.5, 0.6) is 0 Å². The van der Waals surface area contributed by atoms with E-state index in [1.54, 1.807) is 5.57 Å². The third-order valence-corrected chi connectivity index (χ3v) is 12.3. The number of hydrogen-bond donors (Lipinski definition) is 0. The van der Waals surface area contributed by atoms with Crippen LogP contribution in [0.4, 0.5) is 0 Å². The third kappa shape index (κ3) is 6.57. The second-order valence-corrected chi connectivity index (χ2v) is 15.2. The molecule has 0 N–H and O–H groups in total. The predicted octanol–water partition coefficient (Wildman–Crippen LogP) is 10.7. The van der Waals surface area contributed by atoms with Gasteiger partial charge in [0, 0.05) is 12.8 Å². The molecule has 4 aliphatic carbocycles. The van der Waals surface area contributed by atoms with Gasteiger partial charge in [-0.2, -0.15) is 0 Å². The molecule has 0 aromatic rings. The predicted molar refractivity (Wildman–Crippen MR) is 161 cm³/mol. The van der Waals surface area contributed by atoms with E-state index in [1.165, 1.54) is 89.9 Å². The summed E-state index contributed by atoms with van der Waals surface area (Å²) in [6, 6.07) is 0. The van der Waals surface area contributed by atoms with Gasteiger partial charge >= 0.3 is 5.97 Å². The quantitative estimate of drug-likeness (QED) is 0.135. The van der Waals surface area contributed by atoms with E-state index in [1.807, 2.05) is 0 Å². The van der Waals surface area contributed by atoms with Gasteiger partial charge in [-0.15, -0.1) is 0 Å². The largest absolute Gasteiger partial charge is 0.462 e. The third-order valence-electron chi connectivity index (χ3n) is 12.3. The molecule has 0 unspecified atom stereocenters. The highest BCUT2D eigenvalue weighted by atomic mass is 16.5. The van der Waals surface area contributed by atoms with E-state index >= 15 is 0 Å². The lowest BCUT2D eigenvalue weighted by Crippen LogP contribution is -2.51. The van der Waals surface area contributed by atoms with Gasteiger partial charge in [0.2, 0.25) is 0 Å². The Morgan fingerprint density at radius 2 is 1.68 bits per heavy atom. The molecule has 0 spiro atoms. The van der Waals surface area contributed by atoms with Crippen LogP contribution in [0.25, 0.3) is 0 Å². The number of carbonyl (C=O) groups excluding carboxylic acids is 1. The van der Waals surface area contributed by atoms with Crippen molar-refractivity contribution in [2.45, 2.75) is 163 Å². The normalized spacial score (nSPS) is 37.2. The monoisotopic (exact) mass is 526 g/mol. The fraction of sp³-hybridized carbons (Fsp3) is 0.917. The summed E-state index contributed by atoms with van der Waals surface area (Å²) in [5.41, 5.74) is 2.54. The van der Waals surface area contributed by atoms with E-state index in [4.69, 9.17) is 4.74 Å². The molecule has 3 saturated carbocycles. The topological polar surface area (TPSA) is 26.3 Å². The van der Waals surface area contributed by atoms with Crippen molar-refractivity contribution < 1.29 is 9.53 Å². The van der Waals surface area contributed by atoms with Gasteiger partial charge in [-0.1, -0.05) is 105 Å². The van der Waals surface area contributed by atoms with Crippen molar-refractivity contribution in [3.63, 3.8) is 0 Å². The molecule has 2 heteroatoms. The Bertz CT molecular complexity index is 797. The minimum absolute atomic E-state index is 0.0522. The van der Waals surface area contributed by atoms with Crippen LogP contribution in [0.1, 0.15) is 157 Å². The molecule has 218 valence electrons. The number of rotatable bonds is 13. The number of esters is 1. The Hall–Kier alpha value is -0.790. The van der Waals surface area contributed by atoms with Crippen molar-refractivity contribution in [3.05, 3.63) is 11.6 Å². The van der Waals surface area contributed by atoms with E-state index in [0.717, 1.165) is 54.8 Å². The van der Waals surface area contributed by atoms with Crippen molar-refractivity contribution in [3.8, 4) is 0 Å². The fourth-order valence-electron chi connectivity index (χ4n) is 10.0. The summed E-state index contributed by atoms with van der Waals surface area (Å²) in [6.07, 6.45) is 25.3. The molecule has 0 saturated heterocycles. The Balaban J connectivity index is 1.31. The smallest absolute Gasteiger partial charge is 0.306 e. The first-order valence-electron chi connectivity index (χ1n) is 17.1. The number of fused-ring (bicyclic) bond motifs is 5. The summed E-state index contributed by atoms with van der Waals surface area (Å²) in [5, 5.41) is 0. The Morgan fingerprint density at radius 3 is 2.45 bits per heavy atom. The van der Waals surface area contributed by atoms with Gasteiger partial charge in [0.15, 0.2) is 0 Å². The van der Waals surface area contributed by atoms with Gasteiger partial charge in [0.05, 0.1) is 0 Å². The number of unbranched alkanes of at least 4 members (excludes halogenated alkanes) is 5. The van der Waals surface area contributed by atoms with E-state index in [0.29, 0.717) is 17.3 Å². The molecule has 0 aromatic carbocycles. The molecule has 2 nitrogen and oxygen atoms in total. The maximum atomic E-state index is 12.6. The Morgan fingerprint density at radius 1 is 0.921 bits per heavy atom. The first kappa shape index (κ1) is 30.2. The van der Waals surface area contributed by atoms with Crippen molar-refractivity contribution in [2.24, 2.45) is 46.3 Å². The van der Waals surface area contributed by atoms with E-state index in [9.17, 15) is 4.79 Å². The van der Waals surface area contributed by atoms with Gasteiger partial charge in [0.1, 0.15) is 6.10 Å². The summed E-state index contributed by atoms with van der Waals surface area (Å²) < 4.78 is 6.04. The average Bonchev–Trinajstić information content (AvgIpc) is 3.23. The lowest BCUT2D eigenvalue weighted by atomic mass is 9.47. The van der Waals surface area contributed by atoms with Crippen molar-refractivity contribution in [2.75, 3.05) is 0 Å². The van der Waals surface area contributed by atoms with Crippen LogP contribution in [-0.4, -0.2) is 12.1 Å². The molecule has 8 atom stereocenters. The summed E-state index contributed by atoms with van der Waals surface area (Å²) in [6.45, 7) is 14.9. The lowest BCUT2D eigenvalue weighted by molar-refractivity contribution is -0.151. The number of carbonyl (C=O) groups is 1. The van der Waals surface area contributed by atoms with Crippen LogP contribution in [0, 0.1) is 46.3 Å². The molecule has 4 aliphatic rings. The van der Waals surface area contributed by atoms with Gasteiger partial charge < -0.3 is 4.74 Å². The standard InChI is InChI=1S/C36H62O2/c1-7-8-9-10-11-12-16-34(37)38-29-21-23-35(5)28(25-29)17-18-30-32-20-19-31(27(4)15-13-14-26(2)3)36(32,6)24-22-33(30)35/h17,26-27,29-33H,7-16,18-25H2,1-6H3/t27-,29-,30+,31-,32+,33-,35+,36-/m1/s1. The Labute approximate surface area is 236 Å². The van der Waals surface area contributed by atoms with E-state index in [-0.39, 0.29) is 12.1 Å². The fourth-order valence-corrected chi connectivity index (χ4v) is 10.0. The first-order valence-corrected chi connectivity index (χ1v) is 17.1. The number of ether oxygens (including phenoxy) is 1. The highest BCUT2D eigenvalue weighted by Crippen LogP contribution is 2.67. The van der Waals surface area contributed by atoms with E-state index < -0.39 is 0 Å². The lowest BCUT2D eigenvalue weighted by Gasteiger charge is -2.58. The van der Waals surface area contributed by atoms with Crippen LogP contribution in [0.15, 0.2) is 11.6 Å². The van der Waals surface area contributed by atoms with Gasteiger partial charge in [-0.3, -0.25) is 4.79 Å².